The second kappa shape index (κ2) is 5.41. The Labute approximate surface area is 93.2 Å². The topological polar surface area (TPSA) is 26.0 Å². The molecule has 0 bridgehead atoms. The fourth-order valence-electron chi connectivity index (χ4n) is 2.10. The van der Waals surface area contributed by atoms with E-state index in [-0.39, 0.29) is 0 Å². The van der Waals surface area contributed by atoms with Crippen LogP contribution in [0.15, 0.2) is 0 Å². The number of nitrogens with two attached hydrogens (primary N) is 1. The van der Waals surface area contributed by atoms with Crippen molar-refractivity contribution < 1.29 is 0 Å². The molecule has 2 heteroatoms. The molecule has 0 aliphatic heterocycles. The molecule has 1 atom stereocenters. The standard InChI is InChI=1S/C12H25NS/c1-12(2,3)11(8-13)14-9-10-6-4-5-7-10/h10-11H,4-9,13H2,1-3H3. The first kappa shape index (κ1) is 12.4. The molecule has 0 amide bonds. The second-order valence-electron chi connectivity index (χ2n) is 5.57. The van der Waals surface area contributed by atoms with Crippen LogP contribution < -0.4 is 5.73 Å². The maximum atomic E-state index is 5.82. The molecule has 0 radical (unpaired) electrons. The minimum Gasteiger partial charge on any atom is -0.329 e. The Balaban J connectivity index is 2.26. The van der Waals surface area contributed by atoms with Crippen molar-refractivity contribution in [1.82, 2.24) is 0 Å². The summed E-state index contributed by atoms with van der Waals surface area (Å²) in [6, 6.07) is 0. The van der Waals surface area contributed by atoms with Gasteiger partial charge in [-0.1, -0.05) is 33.6 Å². The number of thioether (sulfide) groups is 1. The van der Waals surface area contributed by atoms with E-state index in [1.54, 1.807) is 0 Å². The Hall–Kier alpha value is 0.310. The third kappa shape index (κ3) is 3.82. The van der Waals surface area contributed by atoms with Gasteiger partial charge in [0.25, 0.3) is 0 Å². The summed E-state index contributed by atoms with van der Waals surface area (Å²) in [5.74, 6) is 2.32. The van der Waals surface area contributed by atoms with E-state index in [2.05, 4.69) is 32.5 Å². The zero-order chi connectivity index (χ0) is 10.6. The summed E-state index contributed by atoms with van der Waals surface area (Å²) in [5.41, 5.74) is 6.18. The first-order chi connectivity index (χ1) is 6.54. The third-order valence-electron chi connectivity index (χ3n) is 3.19. The Morgan fingerprint density at radius 1 is 1.29 bits per heavy atom. The van der Waals surface area contributed by atoms with Gasteiger partial charge in [-0.15, -0.1) is 0 Å². The van der Waals surface area contributed by atoms with Crippen LogP contribution in [-0.4, -0.2) is 17.5 Å². The van der Waals surface area contributed by atoms with Crippen molar-refractivity contribution in [2.45, 2.75) is 51.7 Å². The lowest BCUT2D eigenvalue weighted by molar-refractivity contribution is 0.397. The van der Waals surface area contributed by atoms with Crippen LogP contribution >= 0.6 is 11.8 Å². The van der Waals surface area contributed by atoms with Crippen LogP contribution in [0.3, 0.4) is 0 Å². The van der Waals surface area contributed by atoms with E-state index in [1.807, 2.05) is 0 Å². The average Bonchev–Trinajstić information content (AvgIpc) is 2.55. The molecule has 0 aromatic rings. The molecule has 1 saturated carbocycles. The Kier molecular flexibility index (Phi) is 4.78. The molecule has 1 fully saturated rings. The predicted octanol–water partition coefficient (Wildman–Crippen LogP) is 3.28. The molecule has 1 aliphatic carbocycles. The van der Waals surface area contributed by atoms with Crippen molar-refractivity contribution in [2.24, 2.45) is 17.1 Å². The zero-order valence-corrected chi connectivity index (χ0v) is 10.7. The number of rotatable bonds is 4. The summed E-state index contributed by atoms with van der Waals surface area (Å²) in [6.45, 7) is 7.71. The highest BCUT2D eigenvalue weighted by atomic mass is 32.2. The lowest BCUT2D eigenvalue weighted by Gasteiger charge is -2.29. The van der Waals surface area contributed by atoms with Crippen LogP contribution in [0.25, 0.3) is 0 Å². The molecule has 1 unspecified atom stereocenters. The van der Waals surface area contributed by atoms with Crippen molar-refractivity contribution >= 4 is 11.8 Å². The number of hydrogen-bond donors (Lipinski definition) is 1. The molecule has 1 nitrogen and oxygen atoms in total. The normalized spacial score (nSPS) is 21.4. The van der Waals surface area contributed by atoms with Gasteiger partial charge in [-0.2, -0.15) is 11.8 Å². The Morgan fingerprint density at radius 3 is 2.29 bits per heavy atom. The van der Waals surface area contributed by atoms with E-state index in [1.165, 1.54) is 31.4 Å². The van der Waals surface area contributed by atoms with E-state index in [4.69, 9.17) is 5.73 Å². The van der Waals surface area contributed by atoms with Crippen LogP contribution in [0.1, 0.15) is 46.5 Å². The van der Waals surface area contributed by atoms with Gasteiger partial charge in [-0.25, -0.2) is 0 Å². The monoisotopic (exact) mass is 215 g/mol. The maximum absolute atomic E-state index is 5.82. The van der Waals surface area contributed by atoms with E-state index < -0.39 is 0 Å². The van der Waals surface area contributed by atoms with E-state index >= 15 is 0 Å². The summed E-state index contributed by atoms with van der Waals surface area (Å²) in [7, 11) is 0. The molecule has 0 saturated heterocycles. The minimum atomic E-state index is 0.359. The highest BCUT2D eigenvalue weighted by Crippen LogP contribution is 2.34. The lowest BCUT2D eigenvalue weighted by atomic mass is 9.92. The van der Waals surface area contributed by atoms with E-state index in [9.17, 15) is 0 Å². The van der Waals surface area contributed by atoms with Gasteiger partial charge in [0, 0.05) is 11.8 Å². The van der Waals surface area contributed by atoms with Gasteiger partial charge >= 0.3 is 0 Å². The molecule has 1 aliphatic rings. The lowest BCUT2D eigenvalue weighted by Crippen LogP contribution is -2.31. The van der Waals surface area contributed by atoms with Gasteiger partial charge in [0.2, 0.25) is 0 Å². The Bertz CT molecular complexity index is 156. The SMILES string of the molecule is CC(C)(C)C(CN)SCC1CCCC1. The molecule has 0 aromatic carbocycles. The second-order valence-corrected chi connectivity index (χ2v) is 6.81. The molecule has 14 heavy (non-hydrogen) atoms. The first-order valence-corrected chi connectivity index (χ1v) is 6.90. The highest BCUT2D eigenvalue weighted by molar-refractivity contribution is 8.00. The quantitative estimate of drug-likeness (QED) is 0.779. The Morgan fingerprint density at radius 2 is 1.86 bits per heavy atom. The van der Waals surface area contributed by atoms with Gasteiger partial charge in [0.05, 0.1) is 0 Å². The van der Waals surface area contributed by atoms with Gasteiger partial charge in [-0.05, 0) is 29.9 Å². The first-order valence-electron chi connectivity index (χ1n) is 5.85. The van der Waals surface area contributed by atoms with Crippen LogP contribution in [0, 0.1) is 11.3 Å². The molecule has 0 heterocycles. The van der Waals surface area contributed by atoms with E-state index in [0.717, 1.165) is 12.5 Å². The van der Waals surface area contributed by atoms with Crippen molar-refractivity contribution in [1.29, 1.82) is 0 Å². The largest absolute Gasteiger partial charge is 0.329 e. The van der Waals surface area contributed by atoms with Crippen molar-refractivity contribution in [3.63, 3.8) is 0 Å². The predicted molar refractivity (Wildman–Crippen MR) is 66.7 cm³/mol. The van der Waals surface area contributed by atoms with Gasteiger partial charge in [0.1, 0.15) is 0 Å². The fourth-order valence-corrected chi connectivity index (χ4v) is 3.57. The molecular formula is C12H25NS. The van der Waals surface area contributed by atoms with Crippen molar-refractivity contribution in [3.8, 4) is 0 Å². The zero-order valence-electron chi connectivity index (χ0n) is 9.88. The summed E-state index contributed by atoms with van der Waals surface area (Å²) >= 11 is 2.10. The molecule has 0 aromatic heterocycles. The molecule has 2 N–H and O–H groups in total. The van der Waals surface area contributed by atoms with Gasteiger partial charge < -0.3 is 5.73 Å². The summed E-state index contributed by atoms with van der Waals surface area (Å²) < 4.78 is 0. The number of hydrogen-bond acceptors (Lipinski definition) is 2. The van der Waals surface area contributed by atoms with Crippen LogP contribution in [0.4, 0.5) is 0 Å². The van der Waals surface area contributed by atoms with Crippen molar-refractivity contribution in [3.05, 3.63) is 0 Å². The smallest absolute Gasteiger partial charge is 0.0218 e. The molecule has 84 valence electrons. The van der Waals surface area contributed by atoms with Crippen LogP contribution in [0.2, 0.25) is 0 Å². The third-order valence-corrected chi connectivity index (χ3v) is 5.15. The van der Waals surface area contributed by atoms with Gasteiger partial charge in [0.15, 0.2) is 0 Å². The average molecular weight is 215 g/mol. The van der Waals surface area contributed by atoms with Gasteiger partial charge in [-0.3, -0.25) is 0 Å². The van der Waals surface area contributed by atoms with Crippen molar-refractivity contribution in [2.75, 3.05) is 12.3 Å². The molecule has 0 spiro atoms. The molecular weight excluding hydrogens is 190 g/mol. The molecule has 1 rings (SSSR count). The van der Waals surface area contributed by atoms with Crippen LogP contribution in [-0.2, 0) is 0 Å². The summed E-state index contributed by atoms with van der Waals surface area (Å²) in [5, 5.41) is 0.628. The minimum absolute atomic E-state index is 0.359. The van der Waals surface area contributed by atoms with Crippen LogP contribution in [0.5, 0.6) is 0 Å². The highest BCUT2D eigenvalue weighted by Gasteiger charge is 2.25. The summed E-state index contributed by atoms with van der Waals surface area (Å²) in [6.07, 6.45) is 5.81. The summed E-state index contributed by atoms with van der Waals surface area (Å²) in [4.78, 5) is 0. The maximum Gasteiger partial charge on any atom is 0.0218 e. The van der Waals surface area contributed by atoms with E-state index in [0.29, 0.717) is 10.7 Å². The fraction of sp³-hybridized carbons (Fsp3) is 1.00.